The van der Waals surface area contributed by atoms with Crippen molar-refractivity contribution in [3.8, 4) is 17.2 Å². The maximum atomic E-state index is 12.6. The van der Waals surface area contributed by atoms with Crippen LogP contribution in [0, 0.1) is 0 Å². The summed E-state index contributed by atoms with van der Waals surface area (Å²) in [6.45, 7) is 3.30. The summed E-state index contributed by atoms with van der Waals surface area (Å²) < 4.78 is 22.9. The van der Waals surface area contributed by atoms with Gasteiger partial charge >= 0.3 is 12.0 Å². The third-order valence-corrected chi connectivity index (χ3v) is 7.58. The van der Waals surface area contributed by atoms with E-state index in [9.17, 15) is 14.4 Å². The second-order valence-electron chi connectivity index (χ2n) is 9.47. The Morgan fingerprint density at radius 1 is 1.09 bits per heavy atom. The van der Waals surface area contributed by atoms with E-state index in [1.54, 1.807) is 50.2 Å². The van der Waals surface area contributed by atoms with Crippen LogP contribution in [0.1, 0.15) is 36.6 Å². The molecule has 3 amide bonds. The van der Waals surface area contributed by atoms with Crippen LogP contribution in [0.25, 0.3) is 0 Å². The molecule has 4 rings (SSSR count). The summed E-state index contributed by atoms with van der Waals surface area (Å²) in [4.78, 5) is 37.4. The minimum absolute atomic E-state index is 0.174. The van der Waals surface area contributed by atoms with E-state index >= 15 is 0 Å². The number of nitrogens with one attached hydrogen (secondary N) is 3. The van der Waals surface area contributed by atoms with E-state index in [-0.39, 0.29) is 36.9 Å². The molecule has 0 aliphatic carbocycles. The first-order chi connectivity index (χ1) is 21.6. The Morgan fingerprint density at radius 3 is 2.60 bits per heavy atom. The Kier molecular flexibility index (Phi) is 11.7. The molecule has 45 heavy (non-hydrogen) atoms. The molecule has 0 saturated heterocycles. The summed E-state index contributed by atoms with van der Waals surface area (Å²) in [5.74, 6) is -0.117. The standard InChI is InChI=1S/C31H29BrCl2N4O7/c1-4-43-30(40)27-17(2)36-31(41)37-28(27)18-9-10-24(25(12-18)42-3)44-16-26(39)38-35-14-20-11-21(33)13-22(32)29(20)45-15-19-7-5-6-8-23(19)34/h5-14,28H,4,15-16H2,1-3H3,(H,38,39)(H2,36,37,41)/b35-14+/t28-/m0/s1. The lowest BCUT2D eigenvalue weighted by atomic mass is 9.95. The van der Waals surface area contributed by atoms with Gasteiger partial charge in [-0.2, -0.15) is 5.10 Å². The molecule has 11 nitrogen and oxygen atoms in total. The van der Waals surface area contributed by atoms with E-state index in [0.29, 0.717) is 37.1 Å². The number of methoxy groups -OCH3 is 1. The van der Waals surface area contributed by atoms with Gasteiger partial charge in [0.2, 0.25) is 0 Å². The number of halogens is 3. The number of ether oxygens (including phenoxy) is 4. The van der Waals surface area contributed by atoms with E-state index in [4.69, 9.17) is 42.1 Å². The van der Waals surface area contributed by atoms with Gasteiger partial charge in [-0.1, -0.05) is 47.5 Å². The molecule has 0 radical (unpaired) electrons. The number of hydrogen-bond acceptors (Lipinski definition) is 8. The van der Waals surface area contributed by atoms with Crippen molar-refractivity contribution in [1.82, 2.24) is 16.1 Å². The van der Waals surface area contributed by atoms with Crippen LogP contribution in [-0.2, 0) is 20.9 Å². The Balaban J connectivity index is 1.42. The van der Waals surface area contributed by atoms with Gasteiger partial charge in [0, 0.05) is 26.9 Å². The normalized spacial score (nSPS) is 14.4. The number of nitrogens with zero attached hydrogens (tertiary/aromatic N) is 1. The largest absolute Gasteiger partial charge is 0.493 e. The minimum Gasteiger partial charge on any atom is -0.493 e. The van der Waals surface area contributed by atoms with Gasteiger partial charge in [0.05, 0.1) is 36.0 Å². The Bertz CT molecular complexity index is 1660. The Labute approximate surface area is 278 Å². The summed E-state index contributed by atoms with van der Waals surface area (Å²) in [6, 6.07) is 14.2. The summed E-state index contributed by atoms with van der Waals surface area (Å²) in [5, 5.41) is 10.3. The topological polar surface area (TPSA) is 137 Å². The highest BCUT2D eigenvalue weighted by atomic mass is 79.9. The van der Waals surface area contributed by atoms with Gasteiger partial charge in [-0.15, -0.1) is 0 Å². The molecule has 0 bridgehead atoms. The number of esters is 1. The van der Waals surface area contributed by atoms with Crippen molar-refractivity contribution in [2.45, 2.75) is 26.5 Å². The van der Waals surface area contributed by atoms with Gasteiger partial charge in [0.1, 0.15) is 12.4 Å². The van der Waals surface area contributed by atoms with E-state index < -0.39 is 23.9 Å². The predicted octanol–water partition coefficient (Wildman–Crippen LogP) is 6.06. The number of carbonyl (C=O) groups excluding carboxylic acids is 3. The van der Waals surface area contributed by atoms with Gasteiger partial charge in [-0.25, -0.2) is 15.0 Å². The fraction of sp³-hybridized carbons (Fsp3) is 0.226. The maximum absolute atomic E-state index is 12.6. The lowest BCUT2D eigenvalue weighted by Gasteiger charge is -2.28. The molecule has 0 spiro atoms. The van der Waals surface area contributed by atoms with Crippen molar-refractivity contribution in [1.29, 1.82) is 0 Å². The zero-order valence-corrected chi connectivity index (χ0v) is 27.5. The molecule has 3 aromatic carbocycles. The second kappa shape index (κ2) is 15.6. The summed E-state index contributed by atoms with van der Waals surface area (Å²) in [5.41, 5.74) is 4.90. The van der Waals surface area contributed by atoms with Crippen molar-refractivity contribution < 1.29 is 33.3 Å². The summed E-state index contributed by atoms with van der Waals surface area (Å²) in [7, 11) is 1.43. The van der Waals surface area contributed by atoms with Gasteiger partial charge in [0.25, 0.3) is 5.91 Å². The van der Waals surface area contributed by atoms with Gasteiger partial charge in [-0.3, -0.25) is 4.79 Å². The van der Waals surface area contributed by atoms with Crippen molar-refractivity contribution in [3.63, 3.8) is 0 Å². The van der Waals surface area contributed by atoms with Crippen molar-refractivity contribution in [3.05, 3.63) is 97.1 Å². The third-order valence-electron chi connectivity index (χ3n) is 6.40. The SMILES string of the molecule is CCOC(=O)C1=C(C)NC(=O)N[C@H]1c1ccc(OCC(=O)N/N=C/c2cc(Cl)cc(Br)c2OCc2ccccc2Cl)c(OC)c1. The molecule has 0 aromatic heterocycles. The molecule has 14 heteroatoms. The molecule has 236 valence electrons. The number of hydrazone groups is 1. The van der Waals surface area contributed by atoms with Crippen LogP contribution in [0.2, 0.25) is 10.0 Å². The number of rotatable bonds is 12. The van der Waals surface area contributed by atoms with E-state index in [1.807, 2.05) is 18.2 Å². The van der Waals surface area contributed by atoms with Crippen LogP contribution in [-0.4, -0.2) is 44.4 Å². The van der Waals surface area contributed by atoms with E-state index in [2.05, 4.69) is 37.1 Å². The first-order valence-electron chi connectivity index (χ1n) is 13.5. The van der Waals surface area contributed by atoms with Crippen LogP contribution >= 0.6 is 39.1 Å². The second-order valence-corrected chi connectivity index (χ2v) is 11.2. The summed E-state index contributed by atoms with van der Waals surface area (Å²) >= 11 is 15.9. The van der Waals surface area contributed by atoms with E-state index in [1.165, 1.54) is 13.3 Å². The lowest BCUT2D eigenvalue weighted by Crippen LogP contribution is -2.45. The van der Waals surface area contributed by atoms with Crippen LogP contribution in [0.5, 0.6) is 17.2 Å². The predicted molar refractivity (Wildman–Crippen MR) is 173 cm³/mol. The average molecular weight is 720 g/mol. The third kappa shape index (κ3) is 8.68. The molecule has 3 N–H and O–H groups in total. The van der Waals surface area contributed by atoms with Crippen LogP contribution in [0.4, 0.5) is 4.79 Å². The number of urea groups is 1. The average Bonchev–Trinajstić information content (AvgIpc) is 3.00. The monoisotopic (exact) mass is 718 g/mol. The molecule has 0 saturated carbocycles. The number of allylic oxidation sites excluding steroid dienone is 1. The van der Waals surface area contributed by atoms with Crippen LogP contribution in [0.3, 0.4) is 0 Å². The molecule has 0 unspecified atom stereocenters. The number of benzene rings is 3. The highest BCUT2D eigenvalue weighted by molar-refractivity contribution is 9.10. The Hall–Kier alpha value is -4.26. The first-order valence-corrected chi connectivity index (χ1v) is 15.1. The fourth-order valence-corrected chi connectivity index (χ4v) is 5.49. The van der Waals surface area contributed by atoms with E-state index in [0.717, 1.165) is 5.56 Å². The molecule has 1 heterocycles. The molecule has 1 atom stereocenters. The minimum atomic E-state index is -0.788. The number of hydrogen-bond donors (Lipinski definition) is 3. The number of amides is 3. The van der Waals surface area contributed by atoms with Crippen LogP contribution < -0.4 is 30.3 Å². The molecule has 1 aliphatic heterocycles. The van der Waals surface area contributed by atoms with Crippen molar-refractivity contribution >= 4 is 63.3 Å². The van der Waals surface area contributed by atoms with Crippen LogP contribution in [0.15, 0.2) is 75.4 Å². The van der Waals surface area contributed by atoms with Gasteiger partial charge in [0.15, 0.2) is 18.1 Å². The fourth-order valence-electron chi connectivity index (χ4n) is 4.35. The zero-order valence-electron chi connectivity index (χ0n) is 24.4. The quantitative estimate of drug-likeness (QED) is 0.118. The zero-order chi connectivity index (χ0) is 32.5. The molecule has 1 aliphatic rings. The molecule has 0 fully saturated rings. The Morgan fingerprint density at radius 2 is 1.87 bits per heavy atom. The van der Waals surface area contributed by atoms with Gasteiger partial charge in [-0.05, 0) is 65.7 Å². The number of carbonyl (C=O) groups is 3. The van der Waals surface area contributed by atoms with Gasteiger partial charge < -0.3 is 29.6 Å². The lowest BCUT2D eigenvalue weighted by molar-refractivity contribution is -0.139. The maximum Gasteiger partial charge on any atom is 0.338 e. The van der Waals surface area contributed by atoms with Crippen molar-refractivity contribution in [2.24, 2.45) is 5.10 Å². The highest BCUT2D eigenvalue weighted by Crippen LogP contribution is 2.35. The molecule has 3 aromatic rings. The molecular formula is C31H29BrCl2N4O7. The smallest absolute Gasteiger partial charge is 0.338 e. The summed E-state index contributed by atoms with van der Waals surface area (Å²) in [6.07, 6.45) is 1.40. The molecular weight excluding hydrogens is 691 g/mol. The van der Waals surface area contributed by atoms with Crippen molar-refractivity contribution in [2.75, 3.05) is 20.3 Å². The first kappa shape index (κ1) is 33.6. The highest BCUT2D eigenvalue weighted by Gasteiger charge is 2.32.